The molecule has 0 bridgehead atoms. The van der Waals surface area contributed by atoms with Crippen molar-refractivity contribution in [3.8, 4) is 0 Å². The van der Waals surface area contributed by atoms with Gasteiger partial charge in [-0.1, -0.05) is 27.7 Å². The Morgan fingerprint density at radius 1 is 1.20 bits per heavy atom. The van der Waals surface area contributed by atoms with E-state index in [1.54, 1.807) is 0 Å². The van der Waals surface area contributed by atoms with Crippen molar-refractivity contribution in [2.45, 2.75) is 40.5 Å². The summed E-state index contributed by atoms with van der Waals surface area (Å²) < 4.78 is 0. The molecule has 0 spiro atoms. The summed E-state index contributed by atoms with van der Waals surface area (Å²) in [6, 6.07) is 0. The van der Waals surface area contributed by atoms with Gasteiger partial charge in [-0.3, -0.25) is 0 Å². The number of hydrogen-bond donors (Lipinski definition) is 1. The van der Waals surface area contributed by atoms with Crippen molar-refractivity contribution in [2.75, 3.05) is 19.6 Å². The second-order valence-corrected chi connectivity index (χ2v) is 4.79. The van der Waals surface area contributed by atoms with Crippen LogP contribution in [0.3, 0.4) is 0 Å². The molecule has 90 valence electrons. The summed E-state index contributed by atoms with van der Waals surface area (Å²) in [4.78, 5) is 2.28. The molecule has 0 heterocycles. The molecule has 0 aliphatic carbocycles. The van der Waals surface area contributed by atoms with Gasteiger partial charge in [0, 0.05) is 53.1 Å². The minimum absolute atomic E-state index is 0. The van der Waals surface area contributed by atoms with Gasteiger partial charge in [0.2, 0.25) is 0 Å². The van der Waals surface area contributed by atoms with E-state index in [0.717, 1.165) is 19.5 Å². The minimum Gasteiger partial charge on any atom is -0.565 e. The first-order valence-electron chi connectivity index (χ1n) is 5.18. The molecular formula is C11H24NOReY-. The molecular weight excluding hydrogens is 437 g/mol. The molecule has 0 fully saturated rings. The van der Waals surface area contributed by atoms with Gasteiger partial charge < -0.3 is 10.0 Å². The first-order chi connectivity index (χ1) is 5.99. The standard InChI is InChI=1S/C11H24NO.Re.Y/c1-5-7-12(9-10-13)8-6-11(2,3)4;;/h10,13H,5-9H2,1-4H3;;/q-1;;. The Morgan fingerprint density at radius 2 is 1.73 bits per heavy atom. The molecule has 0 amide bonds. The predicted octanol–water partition coefficient (Wildman–Crippen LogP) is 2.66. The normalized spacial score (nSPS) is 10.8. The smallest absolute Gasteiger partial charge is 0 e. The Balaban J connectivity index is -0.000000720. The summed E-state index contributed by atoms with van der Waals surface area (Å²) in [5.41, 5.74) is 0.390. The van der Waals surface area contributed by atoms with Crippen LogP contribution in [-0.2, 0) is 53.1 Å². The Morgan fingerprint density at radius 3 is 2.07 bits per heavy atom. The SMILES string of the molecule is CCCN(C[CH-]O)CCC(C)(C)C.[Re].[Y]. The third kappa shape index (κ3) is 15.7. The van der Waals surface area contributed by atoms with Crippen LogP contribution in [-0.4, -0.2) is 29.6 Å². The van der Waals surface area contributed by atoms with Gasteiger partial charge in [-0.25, -0.2) is 6.61 Å². The number of aliphatic hydroxyl groups is 1. The largest absolute Gasteiger partial charge is 0.565 e. The molecule has 0 aliphatic heterocycles. The van der Waals surface area contributed by atoms with Crippen LogP contribution < -0.4 is 0 Å². The quantitative estimate of drug-likeness (QED) is 0.615. The Labute approximate surface area is 134 Å². The molecule has 0 saturated carbocycles. The molecule has 1 N–H and O–H groups in total. The van der Waals surface area contributed by atoms with E-state index >= 15 is 0 Å². The summed E-state index contributed by atoms with van der Waals surface area (Å²) in [5.74, 6) is 0. The maximum Gasteiger partial charge on any atom is 0 e. The summed E-state index contributed by atoms with van der Waals surface area (Å²) >= 11 is 0. The molecule has 0 saturated heterocycles. The fraction of sp³-hybridized carbons (Fsp3) is 0.909. The zero-order valence-electron chi connectivity index (χ0n) is 10.5. The van der Waals surface area contributed by atoms with Crippen molar-refractivity contribution < 1.29 is 58.2 Å². The van der Waals surface area contributed by atoms with E-state index in [2.05, 4.69) is 32.6 Å². The van der Waals surface area contributed by atoms with Crippen LogP contribution in [0, 0.1) is 12.0 Å². The number of hydrogen-bond acceptors (Lipinski definition) is 2. The Bertz CT molecular complexity index is 122. The van der Waals surface area contributed by atoms with Gasteiger partial charge in [-0.2, -0.15) is 0 Å². The molecule has 0 aromatic rings. The average molecular weight is 461 g/mol. The van der Waals surface area contributed by atoms with Crippen molar-refractivity contribution in [2.24, 2.45) is 5.41 Å². The predicted molar refractivity (Wildman–Crippen MR) is 57.0 cm³/mol. The summed E-state index contributed by atoms with van der Waals surface area (Å²) in [6.45, 7) is 13.0. The fourth-order valence-electron chi connectivity index (χ4n) is 1.22. The first-order valence-corrected chi connectivity index (χ1v) is 5.18. The zero-order chi connectivity index (χ0) is 10.3. The zero-order valence-corrected chi connectivity index (χ0v) is 16.0. The summed E-state index contributed by atoms with van der Waals surface area (Å²) in [5, 5.41) is 8.73. The number of rotatable bonds is 6. The Kier molecular flexibility index (Phi) is 17.8. The van der Waals surface area contributed by atoms with E-state index in [1.807, 2.05) is 0 Å². The van der Waals surface area contributed by atoms with Gasteiger partial charge in [0.05, 0.1) is 0 Å². The Hall–Kier alpha value is 1.69. The third-order valence-corrected chi connectivity index (χ3v) is 2.06. The van der Waals surface area contributed by atoms with Crippen LogP contribution in [0.4, 0.5) is 0 Å². The van der Waals surface area contributed by atoms with Gasteiger partial charge in [0.1, 0.15) is 0 Å². The second kappa shape index (κ2) is 12.2. The molecule has 0 atom stereocenters. The van der Waals surface area contributed by atoms with Crippen LogP contribution in [0.15, 0.2) is 0 Å². The average Bonchev–Trinajstić information content (AvgIpc) is 2.00. The molecule has 0 aliphatic rings. The van der Waals surface area contributed by atoms with Crippen LogP contribution in [0.5, 0.6) is 0 Å². The fourth-order valence-corrected chi connectivity index (χ4v) is 1.22. The summed E-state index contributed by atoms with van der Waals surface area (Å²) in [7, 11) is 0. The van der Waals surface area contributed by atoms with Gasteiger partial charge in [0.25, 0.3) is 0 Å². The van der Waals surface area contributed by atoms with E-state index in [1.165, 1.54) is 13.0 Å². The molecule has 0 unspecified atom stereocenters. The van der Waals surface area contributed by atoms with Crippen LogP contribution in [0.1, 0.15) is 40.5 Å². The third-order valence-electron chi connectivity index (χ3n) is 2.06. The van der Waals surface area contributed by atoms with Gasteiger partial charge >= 0.3 is 0 Å². The van der Waals surface area contributed by atoms with Crippen molar-refractivity contribution in [1.29, 1.82) is 0 Å². The first kappa shape index (κ1) is 21.9. The molecule has 15 heavy (non-hydrogen) atoms. The molecule has 0 aromatic carbocycles. The van der Waals surface area contributed by atoms with Crippen molar-refractivity contribution >= 4 is 0 Å². The van der Waals surface area contributed by atoms with E-state index in [9.17, 15) is 0 Å². The monoisotopic (exact) mass is 462 g/mol. The van der Waals surface area contributed by atoms with E-state index in [0.29, 0.717) is 12.0 Å². The van der Waals surface area contributed by atoms with Crippen molar-refractivity contribution in [3.05, 3.63) is 6.61 Å². The topological polar surface area (TPSA) is 23.5 Å². The van der Waals surface area contributed by atoms with Gasteiger partial charge in [-0.05, 0) is 31.3 Å². The molecule has 4 heteroatoms. The van der Waals surface area contributed by atoms with Crippen molar-refractivity contribution in [1.82, 2.24) is 4.90 Å². The van der Waals surface area contributed by atoms with Crippen LogP contribution >= 0.6 is 0 Å². The number of aliphatic hydroxyl groups excluding tert-OH is 1. The minimum atomic E-state index is 0. The maximum atomic E-state index is 8.73. The second-order valence-electron chi connectivity index (χ2n) is 4.79. The van der Waals surface area contributed by atoms with Crippen molar-refractivity contribution in [3.63, 3.8) is 0 Å². The molecule has 2 radical (unpaired) electrons. The van der Waals surface area contributed by atoms with E-state index in [4.69, 9.17) is 5.11 Å². The molecule has 2 nitrogen and oxygen atoms in total. The number of nitrogens with zero attached hydrogens (tertiary/aromatic N) is 1. The van der Waals surface area contributed by atoms with E-state index < -0.39 is 0 Å². The summed E-state index contributed by atoms with van der Waals surface area (Å²) in [6.07, 6.45) is 2.33. The van der Waals surface area contributed by atoms with E-state index in [-0.39, 0.29) is 53.1 Å². The van der Waals surface area contributed by atoms with Gasteiger partial charge in [-0.15, -0.1) is 6.54 Å². The van der Waals surface area contributed by atoms with Gasteiger partial charge in [0.15, 0.2) is 0 Å². The molecule has 0 aromatic heterocycles. The van der Waals surface area contributed by atoms with Crippen LogP contribution in [0.2, 0.25) is 0 Å². The molecule has 0 rings (SSSR count). The van der Waals surface area contributed by atoms with Crippen LogP contribution in [0.25, 0.3) is 0 Å². The maximum absolute atomic E-state index is 8.73.